The second-order valence-corrected chi connectivity index (χ2v) is 7.03. The highest BCUT2D eigenvalue weighted by Crippen LogP contribution is 2.46. The first-order valence-electron chi connectivity index (χ1n) is 8.18. The summed E-state index contributed by atoms with van der Waals surface area (Å²) in [5.74, 6) is 5.13. The highest BCUT2D eigenvalue weighted by molar-refractivity contribution is 7.20. The Balaban J connectivity index is 0.00000117. The number of thiophene rings is 1. The van der Waals surface area contributed by atoms with Gasteiger partial charge in [-0.1, -0.05) is 11.6 Å². The normalized spacial score (nSPS) is 13.5. The topological polar surface area (TPSA) is 117 Å². The second-order valence-electron chi connectivity index (χ2n) is 5.98. The monoisotopic (exact) mass is 374 g/mol. The van der Waals surface area contributed by atoms with Crippen molar-refractivity contribution in [3.05, 3.63) is 54.0 Å². The Morgan fingerprint density at radius 1 is 1.38 bits per heavy atom. The van der Waals surface area contributed by atoms with E-state index in [9.17, 15) is 0 Å². The lowest BCUT2D eigenvalue weighted by Crippen LogP contribution is -2.10. The van der Waals surface area contributed by atoms with Crippen LogP contribution in [-0.4, -0.2) is 9.78 Å². The van der Waals surface area contributed by atoms with Crippen LogP contribution in [0.3, 0.4) is 0 Å². The number of hydrogen-bond acceptors (Lipinski definition) is 7. The molecule has 3 rings (SSSR count). The van der Waals surface area contributed by atoms with Gasteiger partial charge >= 0.3 is 0 Å². The zero-order chi connectivity index (χ0) is 19.3. The van der Waals surface area contributed by atoms with Gasteiger partial charge in [-0.05, 0) is 38.3 Å². The molecule has 2 aromatic rings. The molecule has 0 fully saturated rings. The molecule has 2 heterocycles. The number of aryl methyl sites for hydroxylation is 1. The Labute approximate surface area is 157 Å². The molecule has 0 bridgehead atoms. The van der Waals surface area contributed by atoms with Crippen LogP contribution in [0.15, 0.2) is 42.8 Å². The molecule has 0 aliphatic heterocycles. The molecule has 7 nitrogen and oxygen atoms in total. The molecule has 2 aromatic heterocycles. The zero-order valence-corrected chi connectivity index (χ0v) is 16.0. The summed E-state index contributed by atoms with van der Waals surface area (Å²) in [5.41, 5.74) is 20.6. The van der Waals surface area contributed by atoms with Gasteiger partial charge in [0.2, 0.25) is 0 Å². The van der Waals surface area contributed by atoms with Gasteiger partial charge in [0, 0.05) is 22.3 Å². The maximum atomic E-state index is 6.09. The van der Waals surface area contributed by atoms with E-state index in [1.54, 1.807) is 0 Å². The summed E-state index contributed by atoms with van der Waals surface area (Å²) < 4.78 is 1.97. The molecule has 26 heavy (non-hydrogen) atoms. The Morgan fingerprint density at radius 3 is 2.77 bits per heavy atom. The molecule has 7 N–H and O–H groups in total. The standard InChI is InChI=1S/C16H22N6OS.C2H4/c1-9(3-4-10(2)17)7-22-8-12-13(20-22)6-5-11-14(21-23-19)16(18)24-15(11)12;1-2/h3-4,8,21H,5-7,17-19H2,1-2H3;1-2H2/b9-3+,10-4+;. The Bertz CT molecular complexity index is 829. The van der Waals surface area contributed by atoms with Crippen molar-refractivity contribution in [3.8, 4) is 10.4 Å². The van der Waals surface area contributed by atoms with E-state index in [0.29, 0.717) is 5.00 Å². The summed E-state index contributed by atoms with van der Waals surface area (Å²) in [6.07, 6.45) is 7.73. The van der Waals surface area contributed by atoms with Crippen molar-refractivity contribution in [2.45, 2.75) is 33.2 Å². The first kappa shape index (κ1) is 19.8. The Morgan fingerprint density at radius 2 is 2.12 bits per heavy atom. The molecule has 0 amide bonds. The molecule has 0 spiro atoms. The number of nitrogens with one attached hydrogen (secondary N) is 1. The third-order valence-electron chi connectivity index (χ3n) is 3.93. The SMILES string of the molecule is C/C(N)=C\C=C(/C)Cn1cc2c(n1)CCc1c-2sc(N)c1NON.C=C. The van der Waals surface area contributed by atoms with Crippen molar-refractivity contribution >= 4 is 22.0 Å². The maximum Gasteiger partial charge on any atom is 0.113 e. The fourth-order valence-electron chi connectivity index (χ4n) is 2.85. The average molecular weight is 375 g/mol. The fraction of sp³-hybridized carbons (Fsp3) is 0.278. The van der Waals surface area contributed by atoms with E-state index in [4.69, 9.17) is 22.5 Å². The van der Waals surface area contributed by atoms with Crippen LogP contribution in [0.2, 0.25) is 0 Å². The summed E-state index contributed by atoms with van der Waals surface area (Å²) in [4.78, 5) is 5.70. The van der Waals surface area contributed by atoms with E-state index in [-0.39, 0.29) is 0 Å². The number of hydrogen-bond donors (Lipinski definition) is 4. The van der Waals surface area contributed by atoms with E-state index in [1.165, 1.54) is 16.9 Å². The predicted octanol–water partition coefficient (Wildman–Crippen LogP) is 3.12. The molecule has 8 heteroatoms. The molecule has 140 valence electrons. The minimum Gasteiger partial charge on any atom is -0.402 e. The van der Waals surface area contributed by atoms with Gasteiger partial charge in [0.25, 0.3) is 0 Å². The van der Waals surface area contributed by atoms with Crippen LogP contribution in [0.4, 0.5) is 10.7 Å². The largest absolute Gasteiger partial charge is 0.402 e. The highest BCUT2D eigenvalue weighted by Gasteiger charge is 2.26. The van der Waals surface area contributed by atoms with Gasteiger partial charge in [-0.2, -0.15) is 15.9 Å². The van der Waals surface area contributed by atoms with Crippen LogP contribution in [-0.2, 0) is 24.3 Å². The quantitative estimate of drug-likeness (QED) is 0.363. The van der Waals surface area contributed by atoms with Gasteiger partial charge in [-0.3, -0.25) is 4.68 Å². The van der Waals surface area contributed by atoms with Gasteiger partial charge in [0.1, 0.15) is 10.7 Å². The van der Waals surface area contributed by atoms with E-state index >= 15 is 0 Å². The van der Waals surface area contributed by atoms with Gasteiger partial charge in [-0.25, -0.2) is 5.48 Å². The molecule has 0 saturated carbocycles. The number of nitrogen functional groups attached to an aromatic ring is 1. The van der Waals surface area contributed by atoms with Gasteiger partial charge in [-0.15, -0.1) is 24.5 Å². The number of allylic oxidation sites excluding steroid dienone is 4. The fourth-order valence-corrected chi connectivity index (χ4v) is 3.95. The summed E-state index contributed by atoms with van der Waals surface area (Å²) in [5, 5.41) is 5.39. The first-order valence-corrected chi connectivity index (χ1v) is 9.00. The van der Waals surface area contributed by atoms with Crippen LogP contribution in [0.25, 0.3) is 10.4 Å². The Kier molecular flexibility index (Phi) is 6.62. The zero-order valence-electron chi connectivity index (χ0n) is 15.2. The van der Waals surface area contributed by atoms with E-state index in [1.807, 2.05) is 23.8 Å². The lowest BCUT2D eigenvalue weighted by Gasteiger charge is -2.12. The number of nitrogens with two attached hydrogens (primary N) is 3. The van der Waals surface area contributed by atoms with Crippen molar-refractivity contribution in [2.24, 2.45) is 11.6 Å². The summed E-state index contributed by atoms with van der Waals surface area (Å²) >= 11 is 1.53. The van der Waals surface area contributed by atoms with Crippen LogP contribution < -0.4 is 22.8 Å². The molecule has 1 aliphatic rings. The number of fused-ring (bicyclic) bond motifs is 3. The Hall–Kier alpha value is -2.55. The number of anilines is 2. The smallest absolute Gasteiger partial charge is 0.113 e. The number of rotatable bonds is 5. The van der Waals surface area contributed by atoms with Gasteiger partial charge in [0.05, 0.1) is 12.2 Å². The van der Waals surface area contributed by atoms with Gasteiger partial charge < -0.3 is 11.5 Å². The maximum absolute atomic E-state index is 6.09. The van der Waals surface area contributed by atoms with Crippen LogP contribution in [0.5, 0.6) is 0 Å². The number of nitrogens with zero attached hydrogens (tertiary/aromatic N) is 2. The molecular formula is C18H26N6OS. The van der Waals surface area contributed by atoms with Crippen LogP contribution in [0, 0.1) is 0 Å². The van der Waals surface area contributed by atoms with E-state index in [0.717, 1.165) is 52.5 Å². The molecule has 0 unspecified atom stereocenters. The number of aromatic nitrogens is 2. The predicted molar refractivity (Wildman–Crippen MR) is 109 cm³/mol. The van der Waals surface area contributed by atoms with Crippen molar-refractivity contribution < 1.29 is 4.94 Å². The molecule has 0 saturated heterocycles. The third kappa shape index (κ3) is 4.16. The molecule has 1 aliphatic carbocycles. The molecule has 0 atom stereocenters. The molecular weight excluding hydrogens is 348 g/mol. The molecule has 0 radical (unpaired) electrons. The lowest BCUT2D eigenvalue weighted by atomic mass is 9.96. The minimum absolute atomic E-state index is 0.672. The van der Waals surface area contributed by atoms with Crippen LogP contribution >= 0.6 is 11.3 Å². The average Bonchev–Trinajstić information content (AvgIpc) is 3.16. The van der Waals surface area contributed by atoms with Gasteiger partial charge in [0.15, 0.2) is 0 Å². The van der Waals surface area contributed by atoms with Crippen molar-refractivity contribution in [1.82, 2.24) is 9.78 Å². The minimum atomic E-state index is 0.672. The van der Waals surface area contributed by atoms with E-state index in [2.05, 4.69) is 36.7 Å². The second kappa shape index (κ2) is 8.70. The molecule has 0 aromatic carbocycles. The van der Waals surface area contributed by atoms with Crippen LogP contribution in [0.1, 0.15) is 25.1 Å². The van der Waals surface area contributed by atoms with Crippen molar-refractivity contribution in [3.63, 3.8) is 0 Å². The lowest BCUT2D eigenvalue weighted by molar-refractivity contribution is 0.201. The summed E-state index contributed by atoms with van der Waals surface area (Å²) in [6, 6.07) is 0. The van der Waals surface area contributed by atoms with Crippen molar-refractivity contribution in [1.29, 1.82) is 0 Å². The summed E-state index contributed by atoms with van der Waals surface area (Å²) in [6.45, 7) is 10.7. The van der Waals surface area contributed by atoms with Crippen molar-refractivity contribution in [2.75, 3.05) is 11.2 Å². The summed E-state index contributed by atoms with van der Waals surface area (Å²) in [7, 11) is 0. The first-order chi connectivity index (χ1) is 12.5. The highest BCUT2D eigenvalue weighted by atomic mass is 32.1. The van der Waals surface area contributed by atoms with E-state index < -0.39 is 0 Å². The third-order valence-corrected chi connectivity index (χ3v) is 5.03.